The molecule has 0 spiro atoms. The van der Waals surface area contributed by atoms with E-state index in [-0.39, 0.29) is 0 Å². The van der Waals surface area contributed by atoms with E-state index in [0.717, 1.165) is 43.2 Å². The molecule has 2 nitrogen and oxygen atoms in total. The van der Waals surface area contributed by atoms with Crippen molar-refractivity contribution in [3.8, 4) is 0 Å². The van der Waals surface area contributed by atoms with Gasteiger partial charge in [0.1, 0.15) is 0 Å². The SMILES string of the molecule is CCc1nc2c(Br)cc(Br)cc2c(N)c1C. The van der Waals surface area contributed by atoms with Crippen molar-refractivity contribution in [1.29, 1.82) is 0 Å². The summed E-state index contributed by atoms with van der Waals surface area (Å²) in [6, 6.07) is 4.00. The predicted molar refractivity (Wildman–Crippen MR) is 75.7 cm³/mol. The molecule has 0 fully saturated rings. The van der Waals surface area contributed by atoms with Crippen LogP contribution in [-0.2, 0) is 6.42 Å². The van der Waals surface area contributed by atoms with Crippen LogP contribution in [0, 0.1) is 6.92 Å². The van der Waals surface area contributed by atoms with Crippen LogP contribution in [0.5, 0.6) is 0 Å². The zero-order chi connectivity index (χ0) is 11.9. The van der Waals surface area contributed by atoms with Crippen LogP contribution in [0.3, 0.4) is 0 Å². The second kappa shape index (κ2) is 4.34. The van der Waals surface area contributed by atoms with Crippen LogP contribution in [-0.4, -0.2) is 4.98 Å². The highest BCUT2D eigenvalue weighted by Crippen LogP contribution is 2.33. The molecule has 0 saturated heterocycles. The van der Waals surface area contributed by atoms with Gasteiger partial charge in [-0.1, -0.05) is 22.9 Å². The molecule has 16 heavy (non-hydrogen) atoms. The summed E-state index contributed by atoms with van der Waals surface area (Å²) in [7, 11) is 0. The van der Waals surface area contributed by atoms with Gasteiger partial charge in [0, 0.05) is 25.7 Å². The van der Waals surface area contributed by atoms with E-state index in [9.17, 15) is 0 Å². The number of rotatable bonds is 1. The summed E-state index contributed by atoms with van der Waals surface area (Å²) in [5.41, 5.74) is 10.1. The molecule has 1 heterocycles. The van der Waals surface area contributed by atoms with Crippen LogP contribution >= 0.6 is 31.9 Å². The van der Waals surface area contributed by atoms with Gasteiger partial charge in [-0.2, -0.15) is 0 Å². The average Bonchev–Trinajstić information content (AvgIpc) is 2.24. The van der Waals surface area contributed by atoms with E-state index in [2.05, 4.69) is 43.8 Å². The molecule has 0 aliphatic carbocycles. The first-order valence-corrected chi connectivity index (χ1v) is 6.67. The summed E-state index contributed by atoms with van der Waals surface area (Å²) in [6.07, 6.45) is 0.897. The average molecular weight is 344 g/mol. The van der Waals surface area contributed by atoms with Crippen LogP contribution in [0.2, 0.25) is 0 Å². The number of aromatic nitrogens is 1. The second-order valence-electron chi connectivity index (χ2n) is 3.73. The van der Waals surface area contributed by atoms with Crippen LogP contribution in [0.25, 0.3) is 10.9 Å². The molecule has 4 heteroatoms. The summed E-state index contributed by atoms with van der Waals surface area (Å²) >= 11 is 6.99. The Morgan fingerprint density at radius 3 is 2.62 bits per heavy atom. The molecular formula is C12H12Br2N2. The topological polar surface area (TPSA) is 38.9 Å². The quantitative estimate of drug-likeness (QED) is 0.842. The van der Waals surface area contributed by atoms with Crippen molar-refractivity contribution in [2.24, 2.45) is 0 Å². The van der Waals surface area contributed by atoms with E-state index in [4.69, 9.17) is 5.73 Å². The molecule has 2 N–H and O–H groups in total. The third-order valence-electron chi connectivity index (χ3n) is 2.74. The molecule has 0 aliphatic rings. The minimum atomic E-state index is 0.823. The molecule has 0 unspecified atom stereocenters. The van der Waals surface area contributed by atoms with Crippen molar-refractivity contribution in [1.82, 2.24) is 4.98 Å². The number of aryl methyl sites for hydroxylation is 1. The monoisotopic (exact) mass is 342 g/mol. The Hall–Kier alpha value is -0.610. The van der Waals surface area contributed by atoms with Gasteiger partial charge in [0.05, 0.1) is 5.52 Å². The Kier molecular flexibility index (Phi) is 3.22. The maximum atomic E-state index is 6.15. The normalized spacial score (nSPS) is 11.0. The number of anilines is 1. The van der Waals surface area contributed by atoms with Crippen molar-refractivity contribution in [3.63, 3.8) is 0 Å². The molecule has 0 aliphatic heterocycles. The fraction of sp³-hybridized carbons (Fsp3) is 0.250. The van der Waals surface area contributed by atoms with Gasteiger partial charge < -0.3 is 5.73 Å². The molecule has 1 aromatic carbocycles. The van der Waals surface area contributed by atoms with Crippen molar-refractivity contribution in [3.05, 3.63) is 32.3 Å². The van der Waals surface area contributed by atoms with Gasteiger partial charge in [-0.05, 0) is 47.0 Å². The van der Waals surface area contributed by atoms with Crippen molar-refractivity contribution in [2.45, 2.75) is 20.3 Å². The summed E-state index contributed by atoms with van der Waals surface area (Å²) < 4.78 is 1.97. The van der Waals surface area contributed by atoms with Crippen LogP contribution in [0.1, 0.15) is 18.2 Å². The van der Waals surface area contributed by atoms with E-state index >= 15 is 0 Å². The Labute approximate surface area is 112 Å². The fourth-order valence-electron chi connectivity index (χ4n) is 1.81. The van der Waals surface area contributed by atoms with Gasteiger partial charge in [-0.3, -0.25) is 4.98 Å². The molecule has 0 saturated carbocycles. The number of nitrogens with two attached hydrogens (primary N) is 1. The molecule has 2 aromatic rings. The number of fused-ring (bicyclic) bond motifs is 1. The maximum Gasteiger partial charge on any atom is 0.0868 e. The number of nitrogen functional groups attached to an aromatic ring is 1. The largest absolute Gasteiger partial charge is 0.398 e. The highest BCUT2D eigenvalue weighted by molar-refractivity contribution is 9.11. The maximum absolute atomic E-state index is 6.15. The van der Waals surface area contributed by atoms with Gasteiger partial charge in [-0.15, -0.1) is 0 Å². The van der Waals surface area contributed by atoms with Gasteiger partial charge in [0.15, 0.2) is 0 Å². The van der Waals surface area contributed by atoms with Crippen molar-refractivity contribution >= 4 is 48.5 Å². The lowest BCUT2D eigenvalue weighted by Crippen LogP contribution is -2.00. The lowest BCUT2D eigenvalue weighted by atomic mass is 10.1. The predicted octanol–water partition coefficient (Wildman–Crippen LogP) is 4.21. The molecule has 0 bridgehead atoms. The number of benzene rings is 1. The molecule has 0 amide bonds. The number of pyridine rings is 1. The van der Waals surface area contributed by atoms with E-state index < -0.39 is 0 Å². The van der Waals surface area contributed by atoms with Crippen LogP contribution in [0.15, 0.2) is 21.1 Å². The van der Waals surface area contributed by atoms with Gasteiger partial charge >= 0.3 is 0 Å². The zero-order valence-corrected chi connectivity index (χ0v) is 12.3. The van der Waals surface area contributed by atoms with Crippen molar-refractivity contribution < 1.29 is 0 Å². The number of hydrogen-bond donors (Lipinski definition) is 1. The summed E-state index contributed by atoms with van der Waals surface area (Å²) in [5.74, 6) is 0. The Morgan fingerprint density at radius 2 is 2.00 bits per heavy atom. The van der Waals surface area contributed by atoms with Crippen LogP contribution < -0.4 is 5.73 Å². The minimum absolute atomic E-state index is 0.823. The minimum Gasteiger partial charge on any atom is -0.398 e. The number of halogens is 2. The highest BCUT2D eigenvalue weighted by Gasteiger charge is 2.11. The zero-order valence-electron chi connectivity index (χ0n) is 9.14. The number of nitrogens with zero attached hydrogens (tertiary/aromatic N) is 1. The molecular weight excluding hydrogens is 332 g/mol. The van der Waals surface area contributed by atoms with E-state index in [1.807, 2.05) is 19.1 Å². The lowest BCUT2D eigenvalue weighted by molar-refractivity contribution is 1.03. The second-order valence-corrected chi connectivity index (χ2v) is 5.50. The summed E-state index contributed by atoms with van der Waals surface area (Å²) in [4.78, 5) is 4.65. The first-order chi connectivity index (χ1) is 7.54. The van der Waals surface area contributed by atoms with Gasteiger partial charge in [0.25, 0.3) is 0 Å². The smallest absolute Gasteiger partial charge is 0.0868 e. The fourth-order valence-corrected chi connectivity index (χ4v) is 3.12. The van der Waals surface area contributed by atoms with E-state index in [1.165, 1.54) is 0 Å². The molecule has 2 rings (SSSR count). The molecule has 84 valence electrons. The third kappa shape index (κ3) is 1.84. The molecule has 0 radical (unpaired) electrons. The van der Waals surface area contributed by atoms with Crippen molar-refractivity contribution in [2.75, 3.05) is 5.73 Å². The first-order valence-electron chi connectivity index (χ1n) is 5.08. The van der Waals surface area contributed by atoms with Gasteiger partial charge in [-0.25, -0.2) is 0 Å². The van der Waals surface area contributed by atoms with Crippen LogP contribution in [0.4, 0.5) is 5.69 Å². The number of hydrogen-bond acceptors (Lipinski definition) is 2. The van der Waals surface area contributed by atoms with E-state index in [1.54, 1.807) is 0 Å². The Morgan fingerprint density at radius 1 is 1.31 bits per heavy atom. The van der Waals surface area contributed by atoms with Gasteiger partial charge in [0.2, 0.25) is 0 Å². The molecule has 0 atom stereocenters. The standard InChI is InChI=1S/C12H12Br2N2/c1-3-10-6(2)11(15)8-4-7(13)5-9(14)12(8)16-10/h4-5H,3H2,1-2H3,(H2,15,16). The third-order valence-corrected chi connectivity index (χ3v) is 3.80. The van der Waals surface area contributed by atoms with E-state index in [0.29, 0.717) is 0 Å². The first kappa shape index (κ1) is 11.9. The summed E-state index contributed by atoms with van der Waals surface area (Å²) in [6.45, 7) is 4.11. The summed E-state index contributed by atoms with van der Waals surface area (Å²) in [5, 5.41) is 0.996. The Balaban J connectivity index is 2.92. The highest BCUT2D eigenvalue weighted by atomic mass is 79.9. The lowest BCUT2D eigenvalue weighted by Gasteiger charge is -2.11. The molecule has 1 aromatic heterocycles. The Bertz CT molecular complexity index is 565.